The lowest BCUT2D eigenvalue weighted by Crippen LogP contribution is -2.32. The lowest BCUT2D eigenvalue weighted by Gasteiger charge is -2.23. The van der Waals surface area contributed by atoms with Gasteiger partial charge in [-0.2, -0.15) is 0 Å². The molecular formula is C15H15N3O2. The molecule has 1 aromatic carbocycles. The van der Waals surface area contributed by atoms with Gasteiger partial charge in [0.05, 0.1) is 11.6 Å². The molecule has 0 bridgehead atoms. The normalized spacial score (nSPS) is 18.4. The van der Waals surface area contributed by atoms with Gasteiger partial charge in [0, 0.05) is 31.1 Å². The van der Waals surface area contributed by atoms with Gasteiger partial charge in [-0.1, -0.05) is 0 Å². The van der Waals surface area contributed by atoms with E-state index in [-0.39, 0.29) is 6.17 Å². The van der Waals surface area contributed by atoms with Gasteiger partial charge in [0.1, 0.15) is 5.58 Å². The van der Waals surface area contributed by atoms with Crippen LogP contribution in [-0.4, -0.2) is 11.1 Å². The fourth-order valence-corrected chi connectivity index (χ4v) is 2.73. The summed E-state index contributed by atoms with van der Waals surface area (Å²) in [7, 11) is 0. The summed E-state index contributed by atoms with van der Waals surface area (Å²) in [5.74, 6) is 1.12. The number of hydrogen-bond donors (Lipinski definition) is 1. The van der Waals surface area contributed by atoms with Crippen LogP contribution in [0.15, 0.2) is 33.4 Å². The Balaban J connectivity index is 1.95. The van der Waals surface area contributed by atoms with Crippen LogP contribution in [0.2, 0.25) is 0 Å². The Morgan fingerprint density at radius 1 is 1.25 bits per heavy atom. The number of anilines is 1. The topological polar surface area (TPSA) is 54.4 Å². The lowest BCUT2D eigenvalue weighted by atomic mass is 10.1. The minimum Gasteiger partial charge on any atom is -0.424 e. The van der Waals surface area contributed by atoms with Crippen molar-refractivity contribution < 1.29 is 8.83 Å². The van der Waals surface area contributed by atoms with Crippen molar-refractivity contribution in [3.63, 3.8) is 0 Å². The molecule has 5 heteroatoms. The van der Waals surface area contributed by atoms with Crippen molar-refractivity contribution >= 4 is 28.0 Å². The smallest absolute Gasteiger partial charge is 0.319 e. The number of oxazole rings is 1. The van der Waals surface area contributed by atoms with Gasteiger partial charge in [0.25, 0.3) is 0 Å². The summed E-state index contributed by atoms with van der Waals surface area (Å²) < 4.78 is 11.2. The zero-order valence-electron chi connectivity index (χ0n) is 11.6. The molecule has 1 atom stereocenters. The monoisotopic (exact) mass is 269 g/mol. The maximum atomic E-state index is 5.76. The molecule has 0 fully saturated rings. The molecule has 4 rings (SSSR count). The SMILES string of the molecule is Cc1nc2c(o1)oc1cc(N3C=CN[C@@H]3C)c(C)cc12. The summed E-state index contributed by atoms with van der Waals surface area (Å²) in [4.78, 5) is 6.56. The van der Waals surface area contributed by atoms with Crippen molar-refractivity contribution in [1.29, 1.82) is 0 Å². The molecule has 0 radical (unpaired) electrons. The Morgan fingerprint density at radius 2 is 2.10 bits per heavy atom. The average molecular weight is 269 g/mol. The summed E-state index contributed by atoms with van der Waals surface area (Å²) in [6, 6.07) is 4.16. The van der Waals surface area contributed by atoms with Gasteiger partial charge in [-0.3, -0.25) is 0 Å². The summed E-state index contributed by atoms with van der Waals surface area (Å²) >= 11 is 0. The number of aryl methyl sites for hydroxylation is 2. The number of aromatic nitrogens is 1. The summed E-state index contributed by atoms with van der Waals surface area (Å²) in [6.07, 6.45) is 4.23. The van der Waals surface area contributed by atoms with Crippen molar-refractivity contribution in [2.75, 3.05) is 4.90 Å². The second-order valence-electron chi connectivity index (χ2n) is 5.17. The first-order chi connectivity index (χ1) is 9.63. The van der Waals surface area contributed by atoms with E-state index in [1.165, 1.54) is 5.56 Å². The standard InChI is InChI=1S/C15H15N3O2/c1-8-6-11-13(20-15-14(11)17-10(3)19-15)7-12(8)18-5-4-16-9(18)2/h4-7,9,16H,1-3H3/t9-/m0/s1. The molecule has 3 aromatic rings. The molecule has 5 nitrogen and oxygen atoms in total. The first-order valence-electron chi connectivity index (χ1n) is 6.65. The van der Waals surface area contributed by atoms with E-state index in [9.17, 15) is 0 Å². The van der Waals surface area contributed by atoms with Gasteiger partial charge >= 0.3 is 5.78 Å². The highest BCUT2D eigenvalue weighted by Crippen LogP contribution is 2.35. The molecule has 1 aliphatic heterocycles. The van der Waals surface area contributed by atoms with Crippen LogP contribution in [0.5, 0.6) is 0 Å². The van der Waals surface area contributed by atoms with Gasteiger partial charge in [0.2, 0.25) is 0 Å². The molecule has 0 unspecified atom stereocenters. The number of rotatable bonds is 1. The van der Waals surface area contributed by atoms with Crippen molar-refractivity contribution in [3.05, 3.63) is 36.0 Å². The Morgan fingerprint density at radius 3 is 2.85 bits per heavy atom. The molecule has 0 aliphatic carbocycles. The summed E-state index contributed by atoms with van der Waals surface area (Å²) in [5.41, 5.74) is 3.91. The molecule has 0 saturated carbocycles. The minimum atomic E-state index is 0.240. The van der Waals surface area contributed by atoms with E-state index in [0.717, 1.165) is 22.2 Å². The summed E-state index contributed by atoms with van der Waals surface area (Å²) in [5, 5.41) is 4.26. The number of fused-ring (bicyclic) bond motifs is 3. The molecule has 102 valence electrons. The zero-order chi connectivity index (χ0) is 13.9. The molecule has 0 saturated heterocycles. The molecule has 20 heavy (non-hydrogen) atoms. The molecule has 3 heterocycles. The average Bonchev–Trinajstić information content (AvgIpc) is 3.04. The van der Waals surface area contributed by atoms with Crippen LogP contribution in [0.3, 0.4) is 0 Å². The van der Waals surface area contributed by atoms with Crippen molar-refractivity contribution in [1.82, 2.24) is 10.3 Å². The first kappa shape index (κ1) is 11.4. The van der Waals surface area contributed by atoms with Crippen molar-refractivity contribution in [2.45, 2.75) is 26.9 Å². The fraction of sp³-hybridized carbons (Fsp3) is 0.267. The maximum Gasteiger partial charge on any atom is 0.319 e. The number of nitrogens with zero attached hydrogens (tertiary/aromatic N) is 2. The van der Waals surface area contributed by atoms with E-state index in [4.69, 9.17) is 8.83 Å². The van der Waals surface area contributed by atoms with E-state index >= 15 is 0 Å². The van der Waals surface area contributed by atoms with E-state index in [1.54, 1.807) is 0 Å². The zero-order valence-corrected chi connectivity index (χ0v) is 11.6. The highest BCUT2D eigenvalue weighted by atomic mass is 16.5. The van der Waals surface area contributed by atoms with Crippen molar-refractivity contribution in [2.24, 2.45) is 0 Å². The van der Waals surface area contributed by atoms with Gasteiger partial charge in [-0.05, 0) is 25.5 Å². The number of nitrogens with one attached hydrogen (secondary N) is 1. The first-order valence-corrected chi connectivity index (χ1v) is 6.65. The van der Waals surface area contributed by atoms with Crippen molar-refractivity contribution in [3.8, 4) is 0 Å². The second kappa shape index (κ2) is 3.79. The third-order valence-corrected chi connectivity index (χ3v) is 3.73. The molecule has 0 spiro atoms. The molecule has 0 amide bonds. The van der Waals surface area contributed by atoms with Crippen LogP contribution in [0.4, 0.5) is 5.69 Å². The van der Waals surface area contributed by atoms with Gasteiger partial charge in [0.15, 0.2) is 11.4 Å². The van der Waals surface area contributed by atoms with E-state index in [0.29, 0.717) is 11.7 Å². The minimum absolute atomic E-state index is 0.240. The van der Waals surface area contributed by atoms with Gasteiger partial charge in [-0.15, -0.1) is 0 Å². The van der Waals surface area contributed by atoms with Crippen LogP contribution in [0, 0.1) is 13.8 Å². The number of benzene rings is 1. The van der Waals surface area contributed by atoms with Gasteiger partial charge in [-0.25, -0.2) is 4.98 Å². The van der Waals surface area contributed by atoms with E-state index in [2.05, 4.69) is 35.1 Å². The second-order valence-corrected chi connectivity index (χ2v) is 5.17. The number of furan rings is 1. The fourth-order valence-electron chi connectivity index (χ4n) is 2.73. The van der Waals surface area contributed by atoms with Crippen LogP contribution in [0.1, 0.15) is 18.4 Å². The van der Waals surface area contributed by atoms with Crippen LogP contribution >= 0.6 is 0 Å². The third kappa shape index (κ3) is 1.46. The highest BCUT2D eigenvalue weighted by Gasteiger charge is 2.20. The molecular weight excluding hydrogens is 254 g/mol. The Labute approximate surface area is 115 Å². The Bertz CT molecular complexity index is 844. The number of hydrogen-bond acceptors (Lipinski definition) is 5. The maximum absolute atomic E-state index is 5.76. The molecule has 2 aromatic heterocycles. The van der Waals surface area contributed by atoms with Crippen LogP contribution < -0.4 is 10.2 Å². The van der Waals surface area contributed by atoms with Crippen LogP contribution in [-0.2, 0) is 0 Å². The highest BCUT2D eigenvalue weighted by molar-refractivity contribution is 6.02. The largest absolute Gasteiger partial charge is 0.424 e. The predicted octanol–water partition coefficient (Wildman–Crippen LogP) is 3.42. The lowest BCUT2D eigenvalue weighted by molar-refractivity contribution is 0.472. The van der Waals surface area contributed by atoms with Gasteiger partial charge < -0.3 is 19.1 Å². The van der Waals surface area contributed by atoms with E-state index < -0.39 is 0 Å². The third-order valence-electron chi connectivity index (χ3n) is 3.73. The molecule has 1 aliphatic rings. The Hall–Kier alpha value is -2.43. The Kier molecular flexibility index (Phi) is 2.16. The molecule has 1 N–H and O–H groups in total. The van der Waals surface area contributed by atoms with E-state index in [1.807, 2.05) is 25.4 Å². The summed E-state index contributed by atoms with van der Waals surface area (Å²) in [6.45, 7) is 6.03. The quantitative estimate of drug-likeness (QED) is 0.733. The predicted molar refractivity (Wildman–Crippen MR) is 77.5 cm³/mol. The van der Waals surface area contributed by atoms with Crippen LogP contribution in [0.25, 0.3) is 22.3 Å².